The minimum Gasteiger partial charge on any atom is -0.369 e. The molecular formula is C32H40N4O2. The number of amides is 3. The van der Waals surface area contributed by atoms with Crippen molar-refractivity contribution in [3.63, 3.8) is 0 Å². The summed E-state index contributed by atoms with van der Waals surface area (Å²) in [7, 11) is 0. The fraction of sp³-hybridized carbons (Fsp3) is 0.375. The SMILES string of the molecule is Cc1ccc(C)c(N2CCN(CCCc3ccccc3CNC(=O)NC(=O)C(C)c3ccccc3)CC2)c1. The van der Waals surface area contributed by atoms with Crippen molar-refractivity contribution >= 4 is 17.6 Å². The van der Waals surface area contributed by atoms with E-state index in [1.54, 1.807) is 6.92 Å². The fourth-order valence-corrected chi connectivity index (χ4v) is 5.07. The monoisotopic (exact) mass is 512 g/mol. The Morgan fingerprint density at radius 3 is 2.29 bits per heavy atom. The van der Waals surface area contributed by atoms with Crippen LogP contribution in [0.5, 0.6) is 0 Å². The summed E-state index contributed by atoms with van der Waals surface area (Å²) in [6.07, 6.45) is 2.03. The number of urea groups is 1. The predicted molar refractivity (Wildman–Crippen MR) is 155 cm³/mol. The second kappa shape index (κ2) is 13.2. The molecular weight excluding hydrogens is 472 g/mol. The zero-order valence-corrected chi connectivity index (χ0v) is 22.9. The largest absolute Gasteiger partial charge is 0.369 e. The maximum atomic E-state index is 12.5. The highest BCUT2D eigenvalue weighted by molar-refractivity contribution is 5.97. The van der Waals surface area contributed by atoms with Gasteiger partial charge in [-0.25, -0.2) is 4.79 Å². The van der Waals surface area contributed by atoms with E-state index in [9.17, 15) is 9.59 Å². The first-order chi connectivity index (χ1) is 18.4. The number of carbonyl (C=O) groups excluding carboxylic acids is 2. The van der Waals surface area contributed by atoms with Crippen LogP contribution in [0.1, 0.15) is 47.1 Å². The summed E-state index contributed by atoms with van der Waals surface area (Å²) in [5, 5.41) is 5.33. The van der Waals surface area contributed by atoms with Gasteiger partial charge in [0.25, 0.3) is 0 Å². The van der Waals surface area contributed by atoms with Gasteiger partial charge in [0.15, 0.2) is 0 Å². The van der Waals surface area contributed by atoms with Gasteiger partial charge in [-0.1, -0.05) is 66.7 Å². The summed E-state index contributed by atoms with van der Waals surface area (Å²) in [6, 6.07) is 23.9. The number of hydrogen-bond donors (Lipinski definition) is 2. The molecule has 38 heavy (non-hydrogen) atoms. The molecule has 2 N–H and O–H groups in total. The van der Waals surface area contributed by atoms with Crippen LogP contribution in [-0.4, -0.2) is 49.6 Å². The summed E-state index contributed by atoms with van der Waals surface area (Å²) in [6.45, 7) is 11.9. The Balaban J connectivity index is 1.21. The number of carbonyl (C=O) groups is 2. The Kier molecular flexibility index (Phi) is 9.55. The van der Waals surface area contributed by atoms with E-state index in [0.29, 0.717) is 6.54 Å². The number of hydrogen-bond acceptors (Lipinski definition) is 4. The Labute approximate surface area is 227 Å². The van der Waals surface area contributed by atoms with Crippen LogP contribution in [-0.2, 0) is 17.8 Å². The highest BCUT2D eigenvalue weighted by atomic mass is 16.2. The fourth-order valence-electron chi connectivity index (χ4n) is 5.07. The number of nitrogens with one attached hydrogen (secondary N) is 2. The van der Waals surface area contributed by atoms with Crippen LogP contribution < -0.4 is 15.5 Å². The van der Waals surface area contributed by atoms with E-state index in [0.717, 1.165) is 56.7 Å². The molecule has 3 aromatic rings. The maximum absolute atomic E-state index is 12.5. The molecule has 0 saturated carbocycles. The average molecular weight is 513 g/mol. The van der Waals surface area contributed by atoms with Crippen LogP contribution in [0, 0.1) is 13.8 Å². The topological polar surface area (TPSA) is 64.7 Å². The first-order valence-electron chi connectivity index (χ1n) is 13.7. The highest BCUT2D eigenvalue weighted by Gasteiger charge is 2.19. The van der Waals surface area contributed by atoms with Crippen molar-refractivity contribution in [2.75, 3.05) is 37.6 Å². The molecule has 4 rings (SSSR count). The molecule has 1 unspecified atom stereocenters. The van der Waals surface area contributed by atoms with Crippen LogP contribution in [0.15, 0.2) is 72.8 Å². The molecule has 6 nitrogen and oxygen atoms in total. The van der Waals surface area contributed by atoms with Gasteiger partial charge in [0.05, 0.1) is 5.92 Å². The zero-order chi connectivity index (χ0) is 26.9. The van der Waals surface area contributed by atoms with Gasteiger partial charge < -0.3 is 10.2 Å². The molecule has 200 valence electrons. The number of nitrogens with zero attached hydrogens (tertiary/aromatic N) is 2. The molecule has 1 fully saturated rings. The molecule has 0 spiro atoms. The Morgan fingerprint density at radius 2 is 1.55 bits per heavy atom. The Morgan fingerprint density at radius 1 is 0.868 bits per heavy atom. The minimum atomic E-state index is -0.464. The molecule has 0 radical (unpaired) electrons. The van der Waals surface area contributed by atoms with E-state index >= 15 is 0 Å². The quantitative estimate of drug-likeness (QED) is 0.414. The van der Waals surface area contributed by atoms with Crippen molar-refractivity contribution in [2.24, 2.45) is 0 Å². The van der Waals surface area contributed by atoms with Gasteiger partial charge in [-0.3, -0.25) is 15.0 Å². The molecule has 0 aliphatic carbocycles. The second-order valence-electron chi connectivity index (χ2n) is 10.3. The molecule has 0 bridgehead atoms. The van der Waals surface area contributed by atoms with E-state index in [4.69, 9.17) is 0 Å². The van der Waals surface area contributed by atoms with Crippen LogP contribution in [0.2, 0.25) is 0 Å². The number of anilines is 1. The van der Waals surface area contributed by atoms with E-state index in [1.807, 2.05) is 48.5 Å². The van der Waals surface area contributed by atoms with Crippen molar-refractivity contribution in [2.45, 2.75) is 46.1 Å². The van der Waals surface area contributed by atoms with Gasteiger partial charge in [0.2, 0.25) is 5.91 Å². The van der Waals surface area contributed by atoms with Crippen LogP contribution in [0.25, 0.3) is 0 Å². The van der Waals surface area contributed by atoms with Crippen LogP contribution in [0.3, 0.4) is 0 Å². The van der Waals surface area contributed by atoms with Crippen molar-refractivity contribution < 1.29 is 9.59 Å². The molecule has 1 atom stereocenters. The normalized spacial score (nSPS) is 14.7. The van der Waals surface area contributed by atoms with Crippen molar-refractivity contribution in [3.8, 4) is 0 Å². The lowest BCUT2D eigenvalue weighted by molar-refractivity contribution is -0.121. The van der Waals surface area contributed by atoms with Crippen LogP contribution >= 0.6 is 0 Å². The number of imide groups is 1. The standard InChI is InChI=1S/C32H40N4O2/c1-24-15-16-25(2)30(22-24)36-20-18-35(19-21-36)17-9-14-28-12-7-8-13-29(28)23-33-32(38)34-31(37)26(3)27-10-5-4-6-11-27/h4-8,10-13,15-16,22,26H,9,14,17-21,23H2,1-3H3,(H2,33,34,37,38). The van der Waals surface area contributed by atoms with E-state index in [-0.39, 0.29) is 5.91 Å². The lowest BCUT2D eigenvalue weighted by Crippen LogP contribution is -2.47. The molecule has 1 aliphatic heterocycles. The van der Waals surface area contributed by atoms with E-state index in [2.05, 4.69) is 58.5 Å². The second-order valence-corrected chi connectivity index (χ2v) is 10.3. The third-order valence-corrected chi connectivity index (χ3v) is 7.49. The van der Waals surface area contributed by atoms with Gasteiger partial charge in [-0.05, 0) is 74.0 Å². The molecule has 1 aliphatic rings. The zero-order valence-electron chi connectivity index (χ0n) is 22.9. The first kappa shape index (κ1) is 27.4. The summed E-state index contributed by atoms with van der Waals surface area (Å²) < 4.78 is 0. The number of rotatable bonds is 9. The van der Waals surface area contributed by atoms with Crippen molar-refractivity contribution in [3.05, 3.63) is 101 Å². The lowest BCUT2D eigenvalue weighted by atomic mass is 10.0. The maximum Gasteiger partial charge on any atom is 0.321 e. The summed E-state index contributed by atoms with van der Waals surface area (Å²) in [5.74, 6) is -0.698. The molecule has 6 heteroatoms. The molecule has 3 aromatic carbocycles. The number of aryl methyl sites for hydroxylation is 3. The van der Waals surface area contributed by atoms with Gasteiger partial charge in [-0.2, -0.15) is 0 Å². The van der Waals surface area contributed by atoms with E-state index in [1.165, 1.54) is 22.4 Å². The molecule has 1 heterocycles. The number of piperazine rings is 1. The minimum absolute atomic E-state index is 0.306. The van der Waals surface area contributed by atoms with Crippen molar-refractivity contribution in [1.29, 1.82) is 0 Å². The summed E-state index contributed by atoms with van der Waals surface area (Å²) >= 11 is 0. The summed E-state index contributed by atoms with van der Waals surface area (Å²) in [5.41, 5.74) is 7.24. The Bertz CT molecular complexity index is 1220. The van der Waals surface area contributed by atoms with E-state index < -0.39 is 11.9 Å². The molecule has 3 amide bonds. The molecule has 0 aromatic heterocycles. The lowest BCUT2D eigenvalue weighted by Gasteiger charge is -2.37. The molecule has 1 saturated heterocycles. The third kappa shape index (κ3) is 7.45. The van der Waals surface area contributed by atoms with Gasteiger partial charge in [0, 0.05) is 38.4 Å². The smallest absolute Gasteiger partial charge is 0.321 e. The number of benzene rings is 3. The van der Waals surface area contributed by atoms with Gasteiger partial charge in [0.1, 0.15) is 0 Å². The highest BCUT2D eigenvalue weighted by Crippen LogP contribution is 2.23. The first-order valence-corrected chi connectivity index (χ1v) is 13.7. The predicted octanol–water partition coefficient (Wildman–Crippen LogP) is 5.19. The third-order valence-electron chi connectivity index (χ3n) is 7.49. The van der Waals surface area contributed by atoms with Crippen LogP contribution in [0.4, 0.5) is 10.5 Å². The summed E-state index contributed by atoms with van der Waals surface area (Å²) in [4.78, 5) is 29.9. The van der Waals surface area contributed by atoms with Gasteiger partial charge in [-0.15, -0.1) is 0 Å². The average Bonchev–Trinajstić information content (AvgIpc) is 2.94. The van der Waals surface area contributed by atoms with Crippen molar-refractivity contribution in [1.82, 2.24) is 15.5 Å². The Hall–Kier alpha value is -3.64. The van der Waals surface area contributed by atoms with Gasteiger partial charge >= 0.3 is 6.03 Å².